The molecule has 136 valence electrons. The largest absolute Gasteiger partial charge is 0.353 e. The molecule has 0 bridgehead atoms. The molecule has 0 atom stereocenters. The molecule has 3 N–H and O–H groups in total. The highest BCUT2D eigenvalue weighted by Crippen LogP contribution is 2.35. The first-order chi connectivity index (χ1) is 12.7. The summed E-state index contributed by atoms with van der Waals surface area (Å²) in [6, 6.07) is 12.2. The van der Waals surface area contributed by atoms with Crippen molar-refractivity contribution in [2.45, 2.75) is 5.03 Å². The standard InChI is InChI=1S/C17H11ClN4O4S/c18-10-3-6-14-12(7-10)13-8-15(27(19,25)26)21-16(17(13)20-14)9-1-4-11(5-2-9)22(23)24/h1-8,20H,(H2,19,25,26). The van der Waals surface area contributed by atoms with E-state index >= 15 is 0 Å². The molecule has 0 aliphatic heterocycles. The van der Waals surface area contributed by atoms with Crippen LogP contribution in [-0.4, -0.2) is 23.3 Å². The lowest BCUT2D eigenvalue weighted by atomic mass is 10.1. The summed E-state index contributed by atoms with van der Waals surface area (Å²) in [6.07, 6.45) is 0. The monoisotopic (exact) mass is 402 g/mol. The third-order valence-corrected chi connectivity index (χ3v) is 5.20. The van der Waals surface area contributed by atoms with E-state index in [1.54, 1.807) is 18.2 Å². The molecule has 0 unspecified atom stereocenters. The predicted molar refractivity (Wildman–Crippen MR) is 102 cm³/mol. The highest BCUT2D eigenvalue weighted by molar-refractivity contribution is 7.89. The highest BCUT2D eigenvalue weighted by Gasteiger charge is 2.19. The summed E-state index contributed by atoms with van der Waals surface area (Å²) in [5.41, 5.74) is 2.06. The Bertz CT molecular complexity index is 1330. The number of hydrogen-bond acceptors (Lipinski definition) is 5. The molecule has 0 saturated carbocycles. The summed E-state index contributed by atoms with van der Waals surface area (Å²) in [6.45, 7) is 0. The maximum absolute atomic E-state index is 11.9. The van der Waals surface area contributed by atoms with Crippen LogP contribution >= 0.6 is 11.6 Å². The number of sulfonamides is 1. The molecule has 27 heavy (non-hydrogen) atoms. The summed E-state index contributed by atoms with van der Waals surface area (Å²) in [5, 5.41) is 17.6. The number of aromatic amines is 1. The van der Waals surface area contributed by atoms with Gasteiger partial charge in [-0.3, -0.25) is 10.1 Å². The maximum Gasteiger partial charge on any atom is 0.269 e. The second-order valence-electron chi connectivity index (χ2n) is 5.90. The molecule has 0 fully saturated rings. The van der Waals surface area contributed by atoms with Crippen molar-refractivity contribution in [3.63, 3.8) is 0 Å². The van der Waals surface area contributed by atoms with Gasteiger partial charge in [0.1, 0.15) is 0 Å². The fraction of sp³-hybridized carbons (Fsp3) is 0. The van der Waals surface area contributed by atoms with E-state index in [0.29, 0.717) is 32.6 Å². The second-order valence-corrected chi connectivity index (χ2v) is 7.84. The molecule has 8 nitrogen and oxygen atoms in total. The lowest BCUT2D eigenvalue weighted by Gasteiger charge is -2.06. The van der Waals surface area contributed by atoms with Crippen LogP contribution in [0.25, 0.3) is 33.1 Å². The Labute approximate surface area is 157 Å². The molecule has 0 amide bonds. The lowest BCUT2D eigenvalue weighted by molar-refractivity contribution is -0.384. The highest BCUT2D eigenvalue weighted by atomic mass is 35.5. The number of H-pyrrole nitrogens is 1. The lowest BCUT2D eigenvalue weighted by Crippen LogP contribution is -2.14. The maximum atomic E-state index is 11.9. The van der Waals surface area contributed by atoms with Crippen LogP contribution in [0, 0.1) is 10.1 Å². The molecular formula is C17H11ClN4O4S. The third-order valence-electron chi connectivity index (χ3n) is 4.17. The topological polar surface area (TPSA) is 132 Å². The number of nitro groups is 1. The van der Waals surface area contributed by atoms with Crippen molar-refractivity contribution in [1.82, 2.24) is 9.97 Å². The minimum Gasteiger partial charge on any atom is -0.353 e. The smallest absolute Gasteiger partial charge is 0.269 e. The Balaban J connectivity index is 2.09. The van der Waals surface area contributed by atoms with Gasteiger partial charge in [-0.25, -0.2) is 18.5 Å². The van der Waals surface area contributed by atoms with Crippen molar-refractivity contribution in [2.24, 2.45) is 5.14 Å². The Hall–Kier alpha value is -3.01. The minimum atomic E-state index is -4.07. The minimum absolute atomic E-state index is 0.0824. The van der Waals surface area contributed by atoms with E-state index in [2.05, 4.69) is 9.97 Å². The Morgan fingerprint density at radius 1 is 1.07 bits per heavy atom. The van der Waals surface area contributed by atoms with Crippen LogP contribution in [0.4, 0.5) is 5.69 Å². The summed E-state index contributed by atoms with van der Waals surface area (Å²) in [7, 11) is -4.07. The van der Waals surface area contributed by atoms with Crippen molar-refractivity contribution in [3.05, 3.63) is 63.7 Å². The predicted octanol–water partition coefficient (Wildman–Crippen LogP) is 3.59. The second kappa shape index (κ2) is 6.02. The van der Waals surface area contributed by atoms with Crippen molar-refractivity contribution in [1.29, 1.82) is 0 Å². The van der Waals surface area contributed by atoms with E-state index < -0.39 is 14.9 Å². The van der Waals surface area contributed by atoms with Crippen LogP contribution in [0.2, 0.25) is 5.02 Å². The Kier molecular flexibility index (Phi) is 3.88. The number of pyridine rings is 1. The summed E-state index contributed by atoms with van der Waals surface area (Å²) >= 11 is 6.07. The molecule has 4 rings (SSSR count). The fourth-order valence-electron chi connectivity index (χ4n) is 2.94. The zero-order valence-corrected chi connectivity index (χ0v) is 15.1. The van der Waals surface area contributed by atoms with Gasteiger partial charge in [0, 0.05) is 39.0 Å². The molecule has 0 spiro atoms. The molecular weight excluding hydrogens is 392 g/mol. The number of nitrogens with one attached hydrogen (secondary N) is 1. The zero-order chi connectivity index (χ0) is 19.3. The van der Waals surface area contributed by atoms with Crippen LogP contribution in [0.5, 0.6) is 0 Å². The van der Waals surface area contributed by atoms with Gasteiger partial charge >= 0.3 is 0 Å². The van der Waals surface area contributed by atoms with Gasteiger partial charge in [0.25, 0.3) is 15.7 Å². The van der Waals surface area contributed by atoms with Gasteiger partial charge in [-0.05, 0) is 36.4 Å². The molecule has 0 saturated heterocycles. The van der Waals surface area contributed by atoms with Crippen molar-refractivity contribution < 1.29 is 13.3 Å². The number of benzene rings is 2. The average molecular weight is 403 g/mol. The zero-order valence-electron chi connectivity index (χ0n) is 13.5. The molecule has 10 heteroatoms. The number of nitro benzene ring substituents is 1. The van der Waals surface area contributed by atoms with Crippen LogP contribution in [-0.2, 0) is 10.0 Å². The van der Waals surface area contributed by atoms with E-state index in [9.17, 15) is 18.5 Å². The van der Waals surface area contributed by atoms with Gasteiger partial charge in [0.05, 0.1) is 16.1 Å². The van der Waals surface area contributed by atoms with Gasteiger partial charge in [0.2, 0.25) is 0 Å². The van der Waals surface area contributed by atoms with Crippen LogP contribution in [0.15, 0.2) is 53.6 Å². The third kappa shape index (κ3) is 3.01. The summed E-state index contributed by atoms with van der Waals surface area (Å²) < 4.78 is 23.8. The van der Waals surface area contributed by atoms with Crippen LogP contribution in [0.3, 0.4) is 0 Å². The molecule has 0 radical (unpaired) electrons. The Morgan fingerprint density at radius 3 is 2.41 bits per heavy atom. The number of non-ortho nitro benzene ring substituents is 1. The first kappa shape index (κ1) is 17.4. The molecule has 2 aromatic carbocycles. The van der Waals surface area contributed by atoms with Gasteiger partial charge in [0.15, 0.2) is 5.03 Å². The van der Waals surface area contributed by atoms with E-state index in [-0.39, 0.29) is 10.7 Å². The quantitative estimate of drug-likeness (QED) is 0.399. The van der Waals surface area contributed by atoms with Gasteiger partial charge in [-0.15, -0.1) is 0 Å². The molecule has 2 heterocycles. The van der Waals surface area contributed by atoms with E-state index in [1.807, 2.05) is 0 Å². The summed E-state index contributed by atoms with van der Waals surface area (Å²) in [4.78, 5) is 17.7. The normalized spacial score (nSPS) is 11.9. The van der Waals surface area contributed by atoms with Crippen molar-refractivity contribution in [2.75, 3.05) is 0 Å². The van der Waals surface area contributed by atoms with E-state index in [1.165, 1.54) is 30.3 Å². The molecule has 0 aliphatic carbocycles. The number of hydrogen-bond donors (Lipinski definition) is 2. The number of halogens is 1. The van der Waals surface area contributed by atoms with Gasteiger partial charge < -0.3 is 4.98 Å². The van der Waals surface area contributed by atoms with Crippen LogP contribution < -0.4 is 5.14 Å². The number of primary sulfonamides is 1. The van der Waals surface area contributed by atoms with E-state index in [4.69, 9.17) is 16.7 Å². The molecule has 2 aromatic heterocycles. The summed E-state index contributed by atoms with van der Waals surface area (Å²) in [5.74, 6) is 0. The number of aromatic nitrogens is 2. The average Bonchev–Trinajstić information content (AvgIpc) is 2.98. The Morgan fingerprint density at radius 2 is 1.78 bits per heavy atom. The first-order valence-corrected chi connectivity index (χ1v) is 9.56. The number of nitrogens with two attached hydrogens (primary N) is 1. The number of rotatable bonds is 3. The van der Waals surface area contributed by atoms with Crippen molar-refractivity contribution >= 4 is 49.1 Å². The van der Waals surface area contributed by atoms with E-state index in [0.717, 1.165) is 5.52 Å². The van der Waals surface area contributed by atoms with Crippen LogP contribution in [0.1, 0.15) is 0 Å². The number of fused-ring (bicyclic) bond motifs is 3. The SMILES string of the molecule is NS(=O)(=O)c1cc2c([nH]c3ccc(Cl)cc32)c(-c2ccc([N+](=O)[O-])cc2)n1. The molecule has 0 aliphatic rings. The molecule has 4 aromatic rings. The fourth-order valence-corrected chi connectivity index (χ4v) is 3.61. The van der Waals surface area contributed by atoms with Gasteiger partial charge in [-0.1, -0.05) is 11.6 Å². The van der Waals surface area contributed by atoms with Crippen molar-refractivity contribution in [3.8, 4) is 11.3 Å². The van der Waals surface area contributed by atoms with Gasteiger partial charge in [-0.2, -0.15) is 0 Å². The first-order valence-electron chi connectivity index (χ1n) is 7.63. The number of nitrogens with zero attached hydrogens (tertiary/aromatic N) is 2.